The van der Waals surface area contributed by atoms with Crippen molar-refractivity contribution in [3.05, 3.63) is 72.1 Å². The van der Waals surface area contributed by atoms with Crippen LogP contribution in [0, 0.1) is 6.92 Å². The van der Waals surface area contributed by atoms with Crippen molar-refractivity contribution in [3.63, 3.8) is 0 Å². The quantitative estimate of drug-likeness (QED) is 0.523. The molecule has 7 nitrogen and oxygen atoms in total. The van der Waals surface area contributed by atoms with Crippen molar-refractivity contribution in [1.82, 2.24) is 19.8 Å². The third-order valence-corrected chi connectivity index (χ3v) is 4.75. The Morgan fingerprint density at radius 1 is 1.13 bits per heavy atom. The normalized spacial score (nSPS) is 11.1. The summed E-state index contributed by atoms with van der Waals surface area (Å²) in [6.45, 7) is 6.16. The first-order valence-electron chi connectivity index (χ1n) is 9.80. The smallest absolute Gasteiger partial charge is 0.262 e. The number of aromatic nitrogens is 4. The molecule has 0 atom stereocenters. The Bertz CT molecular complexity index is 1200. The fraction of sp³-hybridized carbons (Fsp3) is 0.217. The van der Waals surface area contributed by atoms with Crippen LogP contribution >= 0.6 is 0 Å². The van der Waals surface area contributed by atoms with Crippen LogP contribution in [0.3, 0.4) is 0 Å². The topological polar surface area (TPSA) is 81.4 Å². The van der Waals surface area contributed by atoms with Crippen LogP contribution in [0.2, 0.25) is 0 Å². The molecule has 1 N–H and O–H groups in total. The highest BCUT2D eigenvalue weighted by molar-refractivity contribution is 5.92. The number of benzene rings is 2. The summed E-state index contributed by atoms with van der Waals surface area (Å²) in [7, 11) is 0. The standard InChI is InChI=1S/C23H23N5O2/c1-15(2)19-8-7-16(3)11-21(19)30-13-23(29)25-18-6-4-5-17(12-18)20-9-10-22-26-24-14-28(22)27-20/h4-12,14-15H,13H2,1-3H3,(H,25,29). The van der Waals surface area contributed by atoms with E-state index in [2.05, 4.69) is 46.6 Å². The predicted octanol–water partition coefficient (Wildman–Crippen LogP) is 4.24. The first kappa shape index (κ1) is 19.6. The van der Waals surface area contributed by atoms with Crippen molar-refractivity contribution in [1.29, 1.82) is 0 Å². The molecule has 0 bridgehead atoms. The van der Waals surface area contributed by atoms with Gasteiger partial charge in [-0.2, -0.15) is 9.61 Å². The summed E-state index contributed by atoms with van der Waals surface area (Å²) in [5.74, 6) is 0.849. The molecular weight excluding hydrogens is 378 g/mol. The predicted molar refractivity (Wildman–Crippen MR) is 116 cm³/mol. The van der Waals surface area contributed by atoms with Gasteiger partial charge in [0.15, 0.2) is 12.3 Å². The maximum atomic E-state index is 12.5. The fourth-order valence-electron chi connectivity index (χ4n) is 3.22. The van der Waals surface area contributed by atoms with Gasteiger partial charge in [-0.1, -0.05) is 38.1 Å². The zero-order valence-electron chi connectivity index (χ0n) is 17.2. The molecule has 0 unspecified atom stereocenters. The fourth-order valence-corrected chi connectivity index (χ4v) is 3.22. The third kappa shape index (κ3) is 4.30. The third-order valence-electron chi connectivity index (χ3n) is 4.75. The Morgan fingerprint density at radius 2 is 2.00 bits per heavy atom. The van der Waals surface area contributed by atoms with Gasteiger partial charge in [-0.05, 0) is 54.3 Å². The number of carbonyl (C=O) groups is 1. The van der Waals surface area contributed by atoms with Gasteiger partial charge in [0.05, 0.1) is 5.69 Å². The lowest BCUT2D eigenvalue weighted by atomic mass is 10.0. The number of fused-ring (bicyclic) bond motifs is 1. The van der Waals surface area contributed by atoms with Crippen LogP contribution in [0.1, 0.15) is 30.9 Å². The number of nitrogens with zero attached hydrogens (tertiary/aromatic N) is 4. The van der Waals surface area contributed by atoms with Crippen molar-refractivity contribution < 1.29 is 9.53 Å². The number of nitrogens with one attached hydrogen (secondary N) is 1. The van der Waals surface area contributed by atoms with Crippen LogP contribution in [-0.2, 0) is 4.79 Å². The van der Waals surface area contributed by atoms with E-state index in [-0.39, 0.29) is 12.5 Å². The molecule has 2 aromatic carbocycles. The molecule has 0 spiro atoms. The van der Waals surface area contributed by atoms with E-state index < -0.39 is 0 Å². The van der Waals surface area contributed by atoms with Gasteiger partial charge in [0.2, 0.25) is 0 Å². The average Bonchev–Trinajstić information content (AvgIpc) is 3.20. The van der Waals surface area contributed by atoms with Crippen LogP contribution in [0.5, 0.6) is 5.75 Å². The molecule has 0 fully saturated rings. The molecule has 0 saturated heterocycles. The van der Waals surface area contributed by atoms with E-state index in [0.29, 0.717) is 17.3 Å². The van der Waals surface area contributed by atoms with E-state index in [1.807, 2.05) is 49.4 Å². The van der Waals surface area contributed by atoms with E-state index in [0.717, 1.165) is 28.1 Å². The van der Waals surface area contributed by atoms with Crippen LogP contribution in [-0.4, -0.2) is 32.3 Å². The SMILES string of the molecule is Cc1ccc(C(C)C)c(OCC(=O)Nc2cccc(-c3ccc4nncn4n3)c2)c1. The zero-order chi connectivity index (χ0) is 21.1. The molecule has 2 aromatic heterocycles. The molecule has 0 aliphatic rings. The minimum absolute atomic E-state index is 0.0572. The molecule has 0 saturated carbocycles. The number of aryl methyl sites for hydroxylation is 1. The van der Waals surface area contributed by atoms with E-state index in [1.165, 1.54) is 0 Å². The van der Waals surface area contributed by atoms with Gasteiger partial charge in [-0.3, -0.25) is 4.79 Å². The lowest BCUT2D eigenvalue weighted by molar-refractivity contribution is -0.118. The van der Waals surface area contributed by atoms with Crippen LogP contribution in [0.15, 0.2) is 60.9 Å². The molecule has 30 heavy (non-hydrogen) atoms. The number of rotatable bonds is 6. The van der Waals surface area contributed by atoms with Crippen molar-refractivity contribution >= 4 is 17.2 Å². The van der Waals surface area contributed by atoms with Gasteiger partial charge in [0.1, 0.15) is 12.1 Å². The summed E-state index contributed by atoms with van der Waals surface area (Å²) < 4.78 is 7.44. The van der Waals surface area contributed by atoms with Crippen LogP contribution < -0.4 is 10.1 Å². The molecule has 0 radical (unpaired) electrons. The lowest BCUT2D eigenvalue weighted by Gasteiger charge is -2.15. The van der Waals surface area contributed by atoms with E-state index in [9.17, 15) is 4.79 Å². The number of ether oxygens (including phenoxy) is 1. The van der Waals surface area contributed by atoms with E-state index in [4.69, 9.17) is 4.74 Å². The molecule has 1 amide bonds. The van der Waals surface area contributed by atoms with Crippen LogP contribution in [0.25, 0.3) is 16.9 Å². The summed E-state index contributed by atoms with van der Waals surface area (Å²) in [4.78, 5) is 12.5. The number of hydrogen-bond donors (Lipinski definition) is 1. The van der Waals surface area contributed by atoms with Gasteiger partial charge in [-0.15, -0.1) is 10.2 Å². The average molecular weight is 401 g/mol. The minimum Gasteiger partial charge on any atom is -0.483 e. The zero-order valence-corrected chi connectivity index (χ0v) is 17.2. The lowest BCUT2D eigenvalue weighted by Crippen LogP contribution is -2.20. The Kier molecular flexibility index (Phi) is 5.43. The number of carbonyl (C=O) groups excluding carboxylic acids is 1. The Labute approximate surface area is 174 Å². The number of hydrogen-bond acceptors (Lipinski definition) is 5. The first-order chi connectivity index (χ1) is 14.5. The Hall–Kier alpha value is -3.74. The maximum absolute atomic E-state index is 12.5. The van der Waals surface area contributed by atoms with Crippen molar-refractivity contribution in [2.24, 2.45) is 0 Å². The van der Waals surface area contributed by atoms with E-state index >= 15 is 0 Å². The molecule has 4 rings (SSSR count). The molecule has 0 aliphatic heterocycles. The highest BCUT2D eigenvalue weighted by Crippen LogP contribution is 2.27. The summed E-state index contributed by atoms with van der Waals surface area (Å²) in [5, 5.41) is 15.2. The Morgan fingerprint density at radius 3 is 2.83 bits per heavy atom. The molecule has 0 aliphatic carbocycles. The van der Waals surface area contributed by atoms with Crippen molar-refractivity contribution in [3.8, 4) is 17.0 Å². The highest BCUT2D eigenvalue weighted by Gasteiger charge is 2.11. The first-order valence-corrected chi connectivity index (χ1v) is 9.80. The summed E-state index contributed by atoms with van der Waals surface area (Å²) >= 11 is 0. The molecule has 7 heteroatoms. The molecule has 152 valence electrons. The number of anilines is 1. The second-order valence-electron chi connectivity index (χ2n) is 7.47. The minimum atomic E-state index is -0.217. The van der Waals surface area contributed by atoms with Gasteiger partial charge < -0.3 is 10.1 Å². The van der Waals surface area contributed by atoms with Gasteiger partial charge in [0, 0.05) is 11.3 Å². The maximum Gasteiger partial charge on any atom is 0.262 e. The highest BCUT2D eigenvalue weighted by atomic mass is 16.5. The van der Waals surface area contributed by atoms with Crippen molar-refractivity contribution in [2.75, 3.05) is 11.9 Å². The number of amides is 1. The second kappa shape index (κ2) is 8.32. The van der Waals surface area contributed by atoms with Crippen LogP contribution in [0.4, 0.5) is 5.69 Å². The Balaban J connectivity index is 1.45. The largest absolute Gasteiger partial charge is 0.483 e. The summed E-state index contributed by atoms with van der Waals surface area (Å²) in [5.41, 5.74) is 5.18. The second-order valence-corrected chi connectivity index (χ2v) is 7.47. The van der Waals surface area contributed by atoms with Gasteiger partial charge in [-0.25, -0.2) is 0 Å². The van der Waals surface area contributed by atoms with Crippen molar-refractivity contribution in [2.45, 2.75) is 26.7 Å². The summed E-state index contributed by atoms with van der Waals surface area (Å²) in [6, 6.07) is 17.3. The van der Waals surface area contributed by atoms with E-state index in [1.54, 1.807) is 10.8 Å². The monoisotopic (exact) mass is 401 g/mol. The summed E-state index contributed by atoms with van der Waals surface area (Å²) in [6.07, 6.45) is 1.55. The van der Waals surface area contributed by atoms with Gasteiger partial charge >= 0.3 is 0 Å². The molecule has 4 aromatic rings. The molecule has 2 heterocycles. The van der Waals surface area contributed by atoms with Gasteiger partial charge in [0.25, 0.3) is 5.91 Å². The molecular formula is C23H23N5O2.